The van der Waals surface area contributed by atoms with E-state index in [0.29, 0.717) is 12.8 Å². The highest BCUT2D eigenvalue weighted by atomic mass is 16.3. The van der Waals surface area contributed by atoms with Crippen LogP contribution in [0.2, 0.25) is 0 Å². The van der Waals surface area contributed by atoms with E-state index in [0.717, 1.165) is 38.5 Å². The fourth-order valence-corrected chi connectivity index (χ4v) is 8.40. The van der Waals surface area contributed by atoms with Crippen molar-refractivity contribution in [2.75, 3.05) is 6.61 Å². The number of hydrogen-bond donors (Lipinski definition) is 4. The lowest BCUT2D eigenvalue weighted by atomic mass is 10.0. The molecule has 0 spiro atoms. The summed E-state index contributed by atoms with van der Waals surface area (Å²) >= 11 is 0. The number of nitrogens with one attached hydrogen (secondary N) is 1. The highest BCUT2D eigenvalue weighted by Crippen LogP contribution is 2.17. The van der Waals surface area contributed by atoms with Crippen LogP contribution in [0.25, 0.3) is 0 Å². The molecule has 0 fully saturated rings. The summed E-state index contributed by atoms with van der Waals surface area (Å²) in [5.74, 6) is -0.468. The fraction of sp³-hybridized carbons (Fsp3) is 0.907. The Kier molecular flexibility index (Phi) is 48.5. The molecule has 0 radical (unpaired) electrons. The zero-order valence-corrected chi connectivity index (χ0v) is 39.9. The third kappa shape index (κ3) is 44.7. The van der Waals surface area contributed by atoms with Crippen LogP contribution in [-0.2, 0) is 4.79 Å². The van der Waals surface area contributed by atoms with Crippen molar-refractivity contribution in [2.24, 2.45) is 0 Å². The molecule has 5 nitrogen and oxygen atoms in total. The molecule has 0 aromatic heterocycles. The molecule has 59 heavy (non-hydrogen) atoms. The van der Waals surface area contributed by atoms with Gasteiger partial charge in [-0.3, -0.25) is 4.79 Å². The van der Waals surface area contributed by atoms with Gasteiger partial charge in [0, 0.05) is 0 Å². The number of aliphatic hydroxyl groups excluding tert-OH is 3. The first-order valence-corrected chi connectivity index (χ1v) is 26.6. The molecule has 5 heteroatoms. The Balaban J connectivity index is 3.49. The first-order chi connectivity index (χ1) is 29.1. The van der Waals surface area contributed by atoms with Gasteiger partial charge in [0.1, 0.15) is 6.10 Å². The summed E-state index contributed by atoms with van der Waals surface area (Å²) in [6.07, 6.45) is 62.2. The molecule has 0 saturated carbocycles. The fourth-order valence-electron chi connectivity index (χ4n) is 8.40. The van der Waals surface area contributed by atoms with E-state index < -0.39 is 24.2 Å². The maximum absolute atomic E-state index is 12.5. The molecule has 0 heterocycles. The third-order valence-electron chi connectivity index (χ3n) is 12.6. The summed E-state index contributed by atoms with van der Waals surface area (Å²) < 4.78 is 0. The SMILES string of the molecule is CCCCCCCCCCC/C=C\C/C=C\CCCCCCCCCCCCCCCCCCC(O)C(=O)NC(CO)C(O)CCCCCCCCCCCCCCC. The van der Waals surface area contributed by atoms with Gasteiger partial charge < -0.3 is 20.6 Å². The van der Waals surface area contributed by atoms with E-state index in [1.165, 1.54) is 225 Å². The monoisotopic (exact) mass is 832 g/mol. The zero-order valence-electron chi connectivity index (χ0n) is 39.9. The number of aliphatic hydroxyl groups is 3. The molecular formula is C54H105NO4. The minimum Gasteiger partial charge on any atom is -0.394 e. The van der Waals surface area contributed by atoms with Crippen molar-refractivity contribution in [1.82, 2.24) is 5.32 Å². The Morgan fingerprint density at radius 1 is 0.407 bits per heavy atom. The lowest BCUT2D eigenvalue weighted by molar-refractivity contribution is -0.131. The highest BCUT2D eigenvalue weighted by molar-refractivity contribution is 5.80. The van der Waals surface area contributed by atoms with E-state index in [1.54, 1.807) is 0 Å². The molecule has 0 aliphatic rings. The van der Waals surface area contributed by atoms with Crippen molar-refractivity contribution < 1.29 is 20.1 Å². The minimum absolute atomic E-state index is 0.311. The summed E-state index contributed by atoms with van der Waals surface area (Å²) in [5.41, 5.74) is 0. The number of unbranched alkanes of at least 4 members (excludes halogenated alkanes) is 37. The standard InChI is InChI=1S/C54H105NO4/c1-3-5-7-9-11-13-15-17-18-19-20-21-22-23-24-25-26-27-28-29-30-31-32-33-34-35-37-39-41-43-45-47-49-53(58)54(59)55-51(50-56)52(57)48-46-44-42-40-38-36-16-14-12-10-8-6-4-2/h20-21,23-24,51-53,56-58H,3-19,22,25-50H2,1-2H3,(H,55,59)/b21-20-,24-23-. The van der Waals surface area contributed by atoms with E-state index in [9.17, 15) is 20.1 Å². The summed E-state index contributed by atoms with van der Waals surface area (Å²) in [6.45, 7) is 4.24. The number of amides is 1. The topological polar surface area (TPSA) is 89.8 Å². The summed E-state index contributed by atoms with van der Waals surface area (Å²) in [7, 11) is 0. The minimum atomic E-state index is -1.07. The Bertz CT molecular complexity index is 874. The number of carbonyl (C=O) groups is 1. The van der Waals surface area contributed by atoms with E-state index >= 15 is 0 Å². The molecule has 0 aromatic carbocycles. The van der Waals surface area contributed by atoms with Gasteiger partial charge in [0.15, 0.2) is 0 Å². The van der Waals surface area contributed by atoms with Gasteiger partial charge in [0.05, 0.1) is 18.8 Å². The zero-order chi connectivity index (χ0) is 43.0. The summed E-state index contributed by atoms with van der Waals surface area (Å²) in [6, 6.07) is -0.709. The van der Waals surface area contributed by atoms with Gasteiger partial charge in [0.2, 0.25) is 5.91 Å². The Hall–Kier alpha value is -1.17. The van der Waals surface area contributed by atoms with Crippen LogP contribution in [0.1, 0.15) is 290 Å². The Morgan fingerprint density at radius 2 is 0.695 bits per heavy atom. The maximum Gasteiger partial charge on any atom is 0.249 e. The van der Waals surface area contributed by atoms with E-state index in [2.05, 4.69) is 43.5 Å². The van der Waals surface area contributed by atoms with Gasteiger partial charge in [0.25, 0.3) is 0 Å². The van der Waals surface area contributed by atoms with Crippen LogP contribution in [-0.4, -0.2) is 46.1 Å². The van der Waals surface area contributed by atoms with Crippen molar-refractivity contribution in [3.8, 4) is 0 Å². The van der Waals surface area contributed by atoms with Crippen LogP contribution < -0.4 is 5.32 Å². The number of carbonyl (C=O) groups excluding carboxylic acids is 1. The molecule has 3 unspecified atom stereocenters. The van der Waals surface area contributed by atoms with Crippen LogP contribution in [0.15, 0.2) is 24.3 Å². The summed E-state index contributed by atoms with van der Waals surface area (Å²) in [4.78, 5) is 12.5. The number of hydrogen-bond acceptors (Lipinski definition) is 4. The van der Waals surface area contributed by atoms with E-state index in [4.69, 9.17) is 0 Å². The van der Waals surface area contributed by atoms with Gasteiger partial charge in [-0.2, -0.15) is 0 Å². The Labute approximate surface area is 369 Å². The molecule has 1 amide bonds. The summed E-state index contributed by atoms with van der Waals surface area (Å²) in [5, 5.41) is 33.4. The molecule has 0 bridgehead atoms. The van der Waals surface area contributed by atoms with Crippen LogP contribution in [0.5, 0.6) is 0 Å². The van der Waals surface area contributed by atoms with Gasteiger partial charge >= 0.3 is 0 Å². The van der Waals surface area contributed by atoms with E-state index in [-0.39, 0.29) is 6.61 Å². The van der Waals surface area contributed by atoms with Crippen LogP contribution in [0.3, 0.4) is 0 Å². The van der Waals surface area contributed by atoms with Crippen molar-refractivity contribution in [2.45, 2.75) is 308 Å². The van der Waals surface area contributed by atoms with Crippen molar-refractivity contribution in [1.29, 1.82) is 0 Å². The average Bonchev–Trinajstić information content (AvgIpc) is 3.24. The first kappa shape index (κ1) is 57.8. The number of allylic oxidation sites excluding steroid dienone is 4. The largest absolute Gasteiger partial charge is 0.394 e. The van der Waals surface area contributed by atoms with Crippen molar-refractivity contribution >= 4 is 5.91 Å². The molecule has 4 N–H and O–H groups in total. The van der Waals surface area contributed by atoms with Crippen molar-refractivity contribution in [3.05, 3.63) is 24.3 Å². The van der Waals surface area contributed by atoms with Crippen LogP contribution in [0, 0.1) is 0 Å². The second-order valence-corrected chi connectivity index (χ2v) is 18.4. The predicted octanol–water partition coefficient (Wildman–Crippen LogP) is 16.1. The lowest BCUT2D eigenvalue weighted by Crippen LogP contribution is -2.49. The van der Waals surface area contributed by atoms with Gasteiger partial charge in [-0.1, -0.05) is 269 Å². The number of rotatable bonds is 49. The second kappa shape index (κ2) is 49.5. The second-order valence-electron chi connectivity index (χ2n) is 18.4. The quantitative estimate of drug-likeness (QED) is 0.0363. The predicted molar refractivity (Wildman–Crippen MR) is 259 cm³/mol. The molecule has 0 aliphatic carbocycles. The molecular weight excluding hydrogens is 727 g/mol. The molecule has 3 atom stereocenters. The van der Waals surface area contributed by atoms with E-state index in [1.807, 2.05) is 0 Å². The highest BCUT2D eigenvalue weighted by Gasteiger charge is 2.23. The van der Waals surface area contributed by atoms with Crippen LogP contribution >= 0.6 is 0 Å². The Morgan fingerprint density at radius 3 is 1.02 bits per heavy atom. The normalized spacial score (nSPS) is 13.5. The van der Waals surface area contributed by atoms with Crippen LogP contribution in [0.4, 0.5) is 0 Å². The maximum atomic E-state index is 12.5. The molecule has 0 aliphatic heterocycles. The lowest BCUT2D eigenvalue weighted by Gasteiger charge is -2.23. The smallest absolute Gasteiger partial charge is 0.249 e. The van der Waals surface area contributed by atoms with Gasteiger partial charge in [-0.15, -0.1) is 0 Å². The third-order valence-corrected chi connectivity index (χ3v) is 12.6. The van der Waals surface area contributed by atoms with Gasteiger partial charge in [-0.05, 0) is 44.9 Å². The van der Waals surface area contributed by atoms with Crippen molar-refractivity contribution in [3.63, 3.8) is 0 Å². The molecule has 0 saturated heterocycles. The first-order valence-electron chi connectivity index (χ1n) is 26.6. The molecule has 0 aromatic rings. The average molecular weight is 832 g/mol. The van der Waals surface area contributed by atoms with Gasteiger partial charge in [-0.25, -0.2) is 0 Å². The molecule has 350 valence electrons. The molecule has 0 rings (SSSR count).